The molecule has 90 valence electrons. The highest BCUT2D eigenvalue weighted by Gasteiger charge is 2.14. The van der Waals surface area contributed by atoms with E-state index in [1.807, 2.05) is 23.6 Å². The van der Waals surface area contributed by atoms with Gasteiger partial charge in [0.25, 0.3) is 0 Å². The third-order valence-electron chi connectivity index (χ3n) is 2.52. The maximum atomic E-state index is 6.17. The van der Waals surface area contributed by atoms with E-state index in [1.165, 1.54) is 4.88 Å². The predicted octanol–water partition coefficient (Wildman–Crippen LogP) is 3.80. The van der Waals surface area contributed by atoms with Crippen LogP contribution >= 0.6 is 34.5 Å². The van der Waals surface area contributed by atoms with Crippen LogP contribution in [0.4, 0.5) is 0 Å². The van der Waals surface area contributed by atoms with Crippen LogP contribution in [0.15, 0.2) is 35.7 Å². The van der Waals surface area contributed by atoms with E-state index in [9.17, 15) is 0 Å². The number of hydrogen-bond acceptors (Lipinski definition) is 3. The Kier molecular flexibility index (Phi) is 4.42. The van der Waals surface area contributed by atoms with Gasteiger partial charge in [-0.1, -0.05) is 35.3 Å². The van der Waals surface area contributed by atoms with Crippen molar-refractivity contribution in [3.05, 3.63) is 56.2 Å². The van der Waals surface area contributed by atoms with Crippen molar-refractivity contribution in [1.82, 2.24) is 5.43 Å². The summed E-state index contributed by atoms with van der Waals surface area (Å²) in [7, 11) is 0. The van der Waals surface area contributed by atoms with Crippen molar-refractivity contribution in [3.63, 3.8) is 0 Å². The second-order valence-electron chi connectivity index (χ2n) is 3.67. The molecule has 1 unspecified atom stereocenters. The number of halogens is 2. The van der Waals surface area contributed by atoms with Crippen LogP contribution in [0.5, 0.6) is 0 Å². The molecule has 0 aliphatic rings. The number of hydrogen-bond donors (Lipinski definition) is 2. The average Bonchev–Trinajstić information content (AvgIpc) is 2.79. The van der Waals surface area contributed by atoms with E-state index in [-0.39, 0.29) is 6.04 Å². The number of nitrogens with one attached hydrogen (secondary N) is 1. The van der Waals surface area contributed by atoms with E-state index in [1.54, 1.807) is 17.4 Å². The second kappa shape index (κ2) is 5.85. The van der Waals surface area contributed by atoms with Gasteiger partial charge in [-0.15, -0.1) is 11.3 Å². The molecule has 0 radical (unpaired) electrons. The average molecular weight is 287 g/mol. The van der Waals surface area contributed by atoms with Crippen LogP contribution in [0.2, 0.25) is 10.0 Å². The molecule has 2 nitrogen and oxygen atoms in total. The summed E-state index contributed by atoms with van der Waals surface area (Å²) in [6.45, 7) is 0. The van der Waals surface area contributed by atoms with E-state index in [0.29, 0.717) is 10.0 Å². The molecule has 1 atom stereocenters. The van der Waals surface area contributed by atoms with E-state index in [4.69, 9.17) is 29.0 Å². The lowest BCUT2D eigenvalue weighted by Gasteiger charge is -2.17. The summed E-state index contributed by atoms with van der Waals surface area (Å²) in [6, 6.07) is 9.57. The van der Waals surface area contributed by atoms with Crippen LogP contribution in [0, 0.1) is 0 Å². The number of nitrogens with two attached hydrogens (primary N) is 1. The van der Waals surface area contributed by atoms with Gasteiger partial charge < -0.3 is 0 Å². The summed E-state index contributed by atoms with van der Waals surface area (Å²) in [5.74, 6) is 5.59. The van der Waals surface area contributed by atoms with E-state index in [0.717, 1.165) is 12.0 Å². The quantitative estimate of drug-likeness (QED) is 0.663. The Morgan fingerprint density at radius 3 is 2.71 bits per heavy atom. The standard InChI is InChI=1S/C12H12Cl2N2S/c13-8-3-4-10(11(14)6-8)12(16-15)7-9-2-1-5-17-9/h1-6,12,16H,7,15H2. The lowest BCUT2D eigenvalue weighted by Crippen LogP contribution is -2.29. The fourth-order valence-electron chi connectivity index (χ4n) is 1.67. The van der Waals surface area contributed by atoms with Gasteiger partial charge in [0.1, 0.15) is 0 Å². The van der Waals surface area contributed by atoms with Crippen LogP contribution in [-0.2, 0) is 6.42 Å². The molecule has 17 heavy (non-hydrogen) atoms. The van der Waals surface area contributed by atoms with E-state index < -0.39 is 0 Å². The molecule has 0 saturated heterocycles. The van der Waals surface area contributed by atoms with Crippen LogP contribution in [0.3, 0.4) is 0 Å². The normalized spacial score (nSPS) is 12.6. The summed E-state index contributed by atoms with van der Waals surface area (Å²) >= 11 is 13.7. The van der Waals surface area contributed by atoms with Gasteiger partial charge in [-0.05, 0) is 29.1 Å². The summed E-state index contributed by atoms with van der Waals surface area (Å²) in [5, 5.41) is 3.31. The molecule has 1 aromatic carbocycles. The molecular weight excluding hydrogens is 275 g/mol. The maximum absolute atomic E-state index is 6.17. The molecule has 2 rings (SSSR count). The van der Waals surface area contributed by atoms with Crippen LogP contribution in [0.25, 0.3) is 0 Å². The Morgan fingerprint density at radius 1 is 1.29 bits per heavy atom. The zero-order chi connectivity index (χ0) is 12.3. The Labute approximate surface area is 114 Å². The first kappa shape index (κ1) is 12.9. The number of thiophene rings is 1. The number of rotatable bonds is 4. The molecule has 0 aliphatic carbocycles. The topological polar surface area (TPSA) is 38.0 Å². The summed E-state index contributed by atoms with van der Waals surface area (Å²) < 4.78 is 0. The first-order valence-corrected chi connectivity index (χ1v) is 6.77. The van der Waals surface area contributed by atoms with Gasteiger partial charge in [0.05, 0.1) is 6.04 Å². The zero-order valence-corrected chi connectivity index (χ0v) is 11.3. The van der Waals surface area contributed by atoms with Crippen LogP contribution in [-0.4, -0.2) is 0 Å². The first-order valence-electron chi connectivity index (χ1n) is 5.14. The fourth-order valence-corrected chi connectivity index (χ4v) is 2.96. The molecule has 0 saturated carbocycles. The largest absolute Gasteiger partial charge is 0.271 e. The van der Waals surface area contributed by atoms with Crippen molar-refractivity contribution in [2.75, 3.05) is 0 Å². The van der Waals surface area contributed by atoms with Gasteiger partial charge in [0, 0.05) is 21.3 Å². The molecule has 0 fully saturated rings. The molecule has 3 N–H and O–H groups in total. The minimum atomic E-state index is -0.00147. The molecule has 1 aromatic heterocycles. The van der Waals surface area contributed by atoms with Gasteiger partial charge in [-0.25, -0.2) is 0 Å². The number of benzene rings is 1. The predicted molar refractivity (Wildman–Crippen MR) is 74.5 cm³/mol. The monoisotopic (exact) mass is 286 g/mol. The Bertz CT molecular complexity index is 485. The lowest BCUT2D eigenvalue weighted by atomic mass is 10.0. The van der Waals surface area contributed by atoms with Gasteiger partial charge in [-0.3, -0.25) is 11.3 Å². The SMILES string of the molecule is NNC(Cc1cccs1)c1ccc(Cl)cc1Cl. The third-order valence-corrected chi connectivity index (χ3v) is 3.99. The molecular formula is C12H12Cl2N2S. The molecule has 0 spiro atoms. The summed E-state index contributed by atoms with van der Waals surface area (Å²) in [5.41, 5.74) is 3.76. The molecule has 0 aliphatic heterocycles. The maximum Gasteiger partial charge on any atom is 0.0522 e. The summed E-state index contributed by atoms with van der Waals surface area (Å²) in [6.07, 6.45) is 0.815. The molecule has 1 heterocycles. The fraction of sp³-hybridized carbons (Fsp3) is 0.167. The molecule has 2 aromatic rings. The van der Waals surface area contributed by atoms with Gasteiger partial charge >= 0.3 is 0 Å². The van der Waals surface area contributed by atoms with Gasteiger partial charge in [0.2, 0.25) is 0 Å². The lowest BCUT2D eigenvalue weighted by molar-refractivity contribution is 0.556. The van der Waals surface area contributed by atoms with Crippen LogP contribution < -0.4 is 11.3 Å². The minimum Gasteiger partial charge on any atom is -0.271 e. The highest BCUT2D eigenvalue weighted by Crippen LogP contribution is 2.28. The molecule has 0 bridgehead atoms. The van der Waals surface area contributed by atoms with Crippen molar-refractivity contribution >= 4 is 34.5 Å². The van der Waals surface area contributed by atoms with Crippen molar-refractivity contribution < 1.29 is 0 Å². The highest BCUT2D eigenvalue weighted by atomic mass is 35.5. The zero-order valence-electron chi connectivity index (χ0n) is 8.99. The Hall–Kier alpha value is -0.580. The van der Waals surface area contributed by atoms with Crippen LogP contribution in [0.1, 0.15) is 16.5 Å². The smallest absolute Gasteiger partial charge is 0.0522 e. The van der Waals surface area contributed by atoms with E-state index in [2.05, 4.69) is 11.5 Å². The third kappa shape index (κ3) is 3.21. The molecule has 5 heteroatoms. The van der Waals surface area contributed by atoms with Gasteiger partial charge in [0.15, 0.2) is 0 Å². The highest BCUT2D eigenvalue weighted by molar-refractivity contribution is 7.09. The number of hydrazine groups is 1. The molecule has 0 amide bonds. The van der Waals surface area contributed by atoms with Gasteiger partial charge in [-0.2, -0.15) is 0 Å². The minimum absolute atomic E-state index is 0.00147. The van der Waals surface area contributed by atoms with Crippen molar-refractivity contribution in [3.8, 4) is 0 Å². The second-order valence-corrected chi connectivity index (χ2v) is 5.54. The summed E-state index contributed by atoms with van der Waals surface area (Å²) in [4.78, 5) is 1.26. The van der Waals surface area contributed by atoms with Crippen molar-refractivity contribution in [2.24, 2.45) is 5.84 Å². The Morgan fingerprint density at radius 2 is 2.12 bits per heavy atom. The van der Waals surface area contributed by atoms with Crippen molar-refractivity contribution in [2.45, 2.75) is 12.5 Å². The van der Waals surface area contributed by atoms with E-state index >= 15 is 0 Å². The Balaban J connectivity index is 2.23. The van der Waals surface area contributed by atoms with Crippen molar-refractivity contribution in [1.29, 1.82) is 0 Å². The first-order chi connectivity index (χ1) is 8.20.